The summed E-state index contributed by atoms with van der Waals surface area (Å²) in [6.45, 7) is 3.94. The molecule has 3 heteroatoms. The highest BCUT2D eigenvalue weighted by molar-refractivity contribution is 9.10. The van der Waals surface area contributed by atoms with Gasteiger partial charge in [-0.3, -0.25) is 4.79 Å². The summed E-state index contributed by atoms with van der Waals surface area (Å²) in [7, 11) is 0. The minimum Gasteiger partial charge on any atom is -0.488 e. The van der Waals surface area contributed by atoms with Crippen molar-refractivity contribution in [2.45, 2.75) is 13.8 Å². The van der Waals surface area contributed by atoms with Crippen molar-refractivity contribution < 1.29 is 9.53 Å². The number of carbonyl (C=O) groups is 1. The van der Waals surface area contributed by atoms with E-state index in [9.17, 15) is 4.79 Å². The van der Waals surface area contributed by atoms with Gasteiger partial charge in [0.15, 0.2) is 5.78 Å². The van der Waals surface area contributed by atoms with Gasteiger partial charge in [-0.2, -0.15) is 0 Å². The molecule has 15 heavy (non-hydrogen) atoms. The first-order chi connectivity index (χ1) is 7.08. The van der Waals surface area contributed by atoms with E-state index in [0.29, 0.717) is 6.61 Å². The second kappa shape index (κ2) is 3.81. The summed E-state index contributed by atoms with van der Waals surface area (Å²) in [5, 5.41) is 0. The molecule has 1 aliphatic rings. The van der Waals surface area contributed by atoms with Crippen LogP contribution in [0.3, 0.4) is 0 Å². The number of ether oxygens (including phenoxy) is 1. The second-order valence-corrected chi connectivity index (χ2v) is 4.57. The van der Waals surface area contributed by atoms with Gasteiger partial charge in [0, 0.05) is 15.6 Å². The number of rotatable bonds is 1. The minimum absolute atomic E-state index is 0.0679. The van der Waals surface area contributed by atoms with Crippen molar-refractivity contribution in [1.29, 1.82) is 0 Å². The molecule has 0 saturated heterocycles. The summed E-state index contributed by atoms with van der Waals surface area (Å²) in [5.74, 6) is 0.946. The Balaban J connectivity index is 2.54. The third kappa shape index (κ3) is 1.97. The van der Waals surface area contributed by atoms with E-state index in [1.165, 1.54) is 0 Å². The molecule has 0 bridgehead atoms. The Morgan fingerprint density at radius 3 is 2.87 bits per heavy atom. The number of hydrogen-bond donors (Lipinski definition) is 0. The van der Waals surface area contributed by atoms with Crippen molar-refractivity contribution in [1.82, 2.24) is 0 Å². The van der Waals surface area contributed by atoms with Crippen LogP contribution < -0.4 is 4.74 Å². The third-order valence-corrected chi connectivity index (χ3v) is 2.88. The van der Waals surface area contributed by atoms with Crippen LogP contribution in [0, 0.1) is 6.92 Å². The molecular weight excluding hydrogens is 256 g/mol. The molecule has 78 valence electrons. The Morgan fingerprint density at radius 2 is 2.20 bits per heavy atom. The summed E-state index contributed by atoms with van der Waals surface area (Å²) < 4.78 is 6.58. The number of fused-ring (bicyclic) bond motifs is 1. The number of ketones is 1. The topological polar surface area (TPSA) is 26.3 Å². The van der Waals surface area contributed by atoms with Crippen LogP contribution in [0.4, 0.5) is 0 Å². The molecule has 0 aliphatic carbocycles. The van der Waals surface area contributed by atoms with Crippen molar-refractivity contribution in [3.05, 3.63) is 33.3 Å². The van der Waals surface area contributed by atoms with Gasteiger partial charge in [0.25, 0.3) is 0 Å². The lowest BCUT2D eigenvalue weighted by atomic mass is 10.0. The first-order valence-corrected chi connectivity index (χ1v) is 5.51. The standard InChI is InChI=1S/C12H11BrO2/c1-7-3-11(13)5-9-4-10(8(2)14)6-15-12(7)9/h3-5H,6H2,1-2H3. The largest absolute Gasteiger partial charge is 0.488 e. The lowest BCUT2D eigenvalue weighted by molar-refractivity contribution is -0.113. The molecule has 0 atom stereocenters. The Kier molecular flexibility index (Phi) is 2.65. The molecule has 0 fully saturated rings. The quantitative estimate of drug-likeness (QED) is 0.781. The van der Waals surface area contributed by atoms with Crippen LogP contribution in [0.2, 0.25) is 0 Å². The molecular formula is C12H11BrO2. The van der Waals surface area contributed by atoms with Crippen LogP contribution in [0.15, 0.2) is 22.2 Å². The van der Waals surface area contributed by atoms with Gasteiger partial charge in [-0.05, 0) is 37.6 Å². The molecule has 0 spiro atoms. The molecule has 2 nitrogen and oxygen atoms in total. The highest BCUT2D eigenvalue weighted by Gasteiger charge is 2.16. The number of hydrogen-bond acceptors (Lipinski definition) is 2. The molecule has 0 amide bonds. The van der Waals surface area contributed by atoms with E-state index in [2.05, 4.69) is 15.9 Å². The van der Waals surface area contributed by atoms with E-state index in [-0.39, 0.29) is 5.78 Å². The first-order valence-electron chi connectivity index (χ1n) is 4.72. The van der Waals surface area contributed by atoms with Crippen LogP contribution >= 0.6 is 15.9 Å². The van der Waals surface area contributed by atoms with E-state index in [4.69, 9.17) is 4.74 Å². The zero-order chi connectivity index (χ0) is 11.0. The van der Waals surface area contributed by atoms with Crippen molar-refractivity contribution >= 4 is 27.8 Å². The Hall–Kier alpha value is -1.09. The lowest BCUT2D eigenvalue weighted by Gasteiger charge is -2.18. The Bertz CT molecular complexity index is 461. The Morgan fingerprint density at radius 1 is 1.47 bits per heavy atom. The van der Waals surface area contributed by atoms with Crippen molar-refractivity contribution in [3.8, 4) is 5.75 Å². The number of carbonyl (C=O) groups excluding carboxylic acids is 1. The average Bonchev–Trinajstić information content (AvgIpc) is 2.16. The smallest absolute Gasteiger partial charge is 0.159 e. The van der Waals surface area contributed by atoms with Gasteiger partial charge < -0.3 is 4.74 Å². The highest BCUT2D eigenvalue weighted by Crippen LogP contribution is 2.32. The maximum absolute atomic E-state index is 11.2. The second-order valence-electron chi connectivity index (χ2n) is 3.66. The predicted octanol–water partition coefficient (Wildman–Crippen LogP) is 3.12. The van der Waals surface area contributed by atoms with Crippen LogP contribution in [0.5, 0.6) is 5.75 Å². The van der Waals surface area contributed by atoms with Gasteiger partial charge in [0.2, 0.25) is 0 Å². The third-order valence-electron chi connectivity index (χ3n) is 2.42. The molecule has 2 rings (SSSR count). The predicted molar refractivity (Wildman–Crippen MR) is 63.0 cm³/mol. The summed E-state index contributed by atoms with van der Waals surface area (Å²) >= 11 is 3.43. The fourth-order valence-corrected chi connectivity index (χ4v) is 2.23. The van der Waals surface area contributed by atoms with E-state index >= 15 is 0 Å². The van der Waals surface area contributed by atoms with Gasteiger partial charge in [-0.15, -0.1) is 0 Å². The van der Waals surface area contributed by atoms with Crippen molar-refractivity contribution in [2.24, 2.45) is 0 Å². The average molecular weight is 267 g/mol. The van der Waals surface area contributed by atoms with E-state index in [1.54, 1.807) is 6.92 Å². The lowest BCUT2D eigenvalue weighted by Crippen LogP contribution is -2.13. The fraction of sp³-hybridized carbons (Fsp3) is 0.250. The molecule has 0 aromatic heterocycles. The highest BCUT2D eigenvalue weighted by atomic mass is 79.9. The molecule has 0 saturated carbocycles. The van der Waals surface area contributed by atoms with Gasteiger partial charge in [0.1, 0.15) is 12.4 Å². The van der Waals surface area contributed by atoms with Crippen LogP contribution in [-0.4, -0.2) is 12.4 Å². The van der Waals surface area contributed by atoms with E-state index < -0.39 is 0 Å². The summed E-state index contributed by atoms with van der Waals surface area (Å²) in [5.41, 5.74) is 2.77. The van der Waals surface area contributed by atoms with Crippen LogP contribution in [-0.2, 0) is 4.79 Å². The Labute approximate surface area is 97.1 Å². The molecule has 1 aromatic rings. The summed E-state index contributed by atoms with van der Waals surface area (Å²) in [4.78, 5) is 11.2. The van der Waals surface area contributed by atoms with Gasteiger partial charge >= 0.3 is 0 Å². The number of Topliss-reactive ketones (excluding diaryl/α,β-unsaturated/α-hetero) is 1. The van der Waals surface area contributed by atoms with Gasteiger partial charge in [0.05, 0.1) is 0 Å². The van der Waals surface area contributed by atoms with E-state index in [0.717, 1.165) is 26.9 Å². The molecule has 0 N–H and O–H groups in total. The minimum atomic E-state index is 0.0679. The number of aryl methyl sites for hydroxylation is 1. The zero-order valence-electron chi connectivity index (χ0n) is 8.63. The van der Waals surface area contributed by atoms with Crippen LogP contribution in [0.25, 0.3) is 6.08 Å². The van der Waals surface area contributed by atoms with Crippen molar-refractivity contribution in [2.75, 3.05) is 6.61 Å². The van der Waals surface area contributed by atoms with Crippen molar-refractivity contribution in [3.63, 3.8) is 0 Å². The molecule has 0 radical (unpaired) electrons. The number of halogens is 1. The van der Waals surface area contributed by atoms with Gasteiger partial charge in [-0.25, -0.2) is 0 Å². The zero-order valence-corrected chi connectivity index (χ0v) is 10.2. The molecule has 1 aromatic carbocycles. The maximum atomic E-state index is 11.2. The summed E-state index contributed by atoms with van der Waals surface area (Å²) in [6.07, 6.45) is 1.90. The molecule has 0 unspecified atom stereocenters. The maximum Gasteiger partial charge on any atom is 0.159 e. The normalized spacial score (nSPS) is 13.9. The molecule has 1 heterocycles. The summed E-state index contributed by atoms with van der Waals surface area (Å²) in [6, 6.07) is 3.97. The van der Waals surface area contributed by atoms with Gasteiger partial charge in [-0.1, -0.05) is 15.9 Å². The monoisotopic (exact) mass is 266 g/mol. The SMILES string of the molecule is CC(=O)C1=Cc2cc(Br)cc(C)c2OC1. The fourth-order valence-electron chi connectivity index (χ4n) is 1.64. The van der Waals surface area contributed by atoms with Crippen LogP contribution in [0.1, 0.15) is 18.1 Å². The first kappa shape index (κ1) is 10.4. The number of benzene rings is 1. The van der Waals surface area contributed by atoms with E-state index in [1.807, 2.05) is 25.1 Å². The molecule has 1 aliphatic heterocycles.